The van der Waals surface area contributed by atoms with Gasteiger partial charge in [0, 0.05) is 25.7 Å². The molecular formula is C10H22N2O2. The molecule has 0 aromatic carbocycles. The number of ether oxygens (including phenoxy) is 1. The number of nitrogens with zero attached hydrogens (tertiary/aromatic N) is 1. The summed E-state index contributed by atoms with van der Waals surface area (Å²) in [5.41, 5.74) is 5.81. The van der Waals surface area contributed by atoms with Gasteiger partial charge in [-0.15, -0.1) is 0 Å². The van der Waals surface area contributed by atoms with Gasteiger partial charge in [-0.3, -0.25) is 4.90 Å². The number of aliphatic hydroxyl groups excluding tert-OH is 1. The fourth-order valence-electron chi connectivity index (χ4n) is 2.15. The predicted octanol–water partition coefficient (Wildman–Crippen LogP) is -0.337. The van der Waals surface area contributed by atoms with E-state index in [-0.39, 0.29) is 18.7 Å². The molecular weight excluding hydrogens is 180 g/mol. The molecule has 1 aliphatic heterocycles. The number of rotatable bonds is 5. The number of likely N-dealkylation sites (tertiary alicyclic amines) is 1. The van der Waals surface area contributed by atoms with E-state index in [1.807, 2.05) is 6.92 Å². The molecule has 0 aromatic heterocycles. The lowest BCUT2D eigenvalue weighted by atomic mass is 10.1. The molecule has 3 N–H and O–H groups in total. The molecule has 84 valence electrons. The van der Waals surface area contributed by atoms with Crippen LogP contribution in [0, 0.1) is 5.92 Å². The van der Waals surface area contributed by atoms with Crippen molar-refractivity contribution in [2.24, 2.45) is 11.7 Å². The second-order valence-corrected chi connectivity index (χ2v) is 4.21. The third-order valence-electron chi connectivity index (χ3n) is 2.98. The molecule has 3 unspecified atom stereocenters. The summed E-state index contributed by atoms with van der Waals surface area (Å²) in [6.07, 6.45) is 1.15. The highest BCUT2D eigenvalue weighted by Gasteiger charge is 2.29. The summed E-state index contributed by atoms with van der Waals surface area (Å²) >= 11 is 0. The number of nitrogens with two attached hydrogens (primary N) is 1. The first-order valence-electron chi connectivity index (χ1n) is 5.28. The molecule has 1 saturated heterocycles. The summed E-state index contributed by atoms with van der Waals surface area (Å²) < 4.78 is 5.13. The molecule has 0 radical (unpaired) electrons. The standard InChI is InChI=1S/C10H22N2O2/c1-8(11)10(6-13)12-4-3-9(5-12)7-14-2/h8-10,13H,3-7,11H2,1-2H3. The Morgan fingerprint density at radius 2 is 2.36 bits per heavy atom. The molecule has 0 spiro atoms. The first-order valence-corrected chi connectivity index (χ1v) is 5.28. The average molecular weight is 202 g/mol. The van der Waals surface area contributed by atoms with E-state index in [1.165, 1.54) is 0 Å². The van der Waals surface area contributed by atoms with E-state index in [0.29, 0.717) is 5.92 Å². The van der Waals surface area contributed by atoms with Gasteiger partial charge >= 0.3 is 0 Å². The van der Waals surface area contributed by atoms with E-state index in [9.17, 15) is 5.11 Å². The van der Waals surface area contributed by atoms with Gasteiger partial charge in [0.15, 0.2) is 0 Å². The van der Waals surface area contributed by atoms with Gasteiger partial charge in [-0.1, -0.05) is 0 Å². The van der Waals surface area contributed by atoms with Gasteiger partial charge in [-0.25, -0.2) is 0 Å². The highest BCUT2D eigenvalue weighted by Crippen LogP contribution is 2.19. The Morgan fingerprint density at radius 1 is 1.64 bits per heavy atom. The highest BCUT2D eigenvalue weighted by atomic mass is 16.5. The molecule has 1 heterocycles. The molecule has 0 bridgehead atoms. The summed E-state index contributed by atoms with van der Waals surface area (Å²) in [5.74, 6) is 0.604. The molecule has 1 rings (SSSR count). The van der Waals surface area contributed by atoms with E-state index in [0.717, 1.165) is 26.1 Å². The van der Waals surface area contributed by atoms with Gasteiger partial charge in [0.25, 0.3) is 0 Å². The van der Waals surface area contributed by atoms with Gasteiger partial charge < -0.3 is 15.6 Å². The Hall–Kier alpha value is -0.160. The Morgan fingerprint density at radius 3 is 2.86 bits per heavy atom. The fourth-order valence-corrected chi connectivity index (χ4v) is 2.15. The largest absolute Gasteiger partial charge is 0.395 e. The van der Waals surface area contributed by atoms with Crippen LogP contribution < -0.4 is 5.73 Å². The Kier molecular flexibility index (Phi) is 4.81. The minimum absolute atomic E-state index is 0.0290. The summed E-state index contributed by atoms with van der Waals surface area (Å²) in [7, 11) is 1.73. The smallest absolute Gasteiger partial charge is 0.0601 e. The van der Waals surface area contributed by atoms with Crippen molar-refractivity contribution in [2.75, 3.05) is 33.4 Å². The zero-order chi connectivity index (χ0) is 10.6. The highest BCUT2D eigenvalue weighted by molar-refractivity contribution is 4.85. The number of methoxy groups -OCH3 is 1. The van der Waals surface area contributed by atoms with Crippen molar-refractivity contribution in [1.29, 1.82) is 0 Å². The van der Waals surface area contributed by atoms with Crippen molar-refractivity contribution >= 4 is 0 Å². The third-order valence-corrected chi connectivity index (χ3v) is 2.98. The number of hydrogen-bond acceptors (Lipinski definition) is 4. The van der Waals surface area contributed by atoms with Crippen molar-refractivity contribution in [3.05, 3.63) is 0 Å². The molecule has 3 atom stereocenters. The van der Waals surface area contributed by atoms with Crippen molar-refractivity contribution in [2.45, 2.75) is 25.4 Å². The van der Waals surface area contributed by atoms with Crippen LogP contribution in [0.4, 0.5) is 0 Å². The van der Waals surface area contributed by atoms with Gasteiger partial charge in [-0.2, -0.15) is 0 Å². The van der Waals surface area contributed by atoms with Gasteiger partial charge in [0.2, 0.25) is 0 Å². The zero-order valence-corrected chi connectivity index (χ0v) is 9.15. The van der Waals surface area contributed by atoms with Crippen LogP contribution in [0.1, 0.15) is 13.3 Å². The van der Waals surface area contributed by atoms with Crippen LogP contribution in [0.2, 0.25) is 0 Å². The molecule has 0 amide bonds. The van der Waals surface area contributed by atoms with Crippen LogP contribution in [-0.4, -0.2) is 55.5 Å². The quantitative estimate of drug-likeness (QED) is 0.640. The molecule has 1 aliphatic rings. The van der Waals surface area contributed by atoms with Crippen LogP contribution in [0.3, 0.4) is 0 Å². The van der Waals surface area contributed by atoms with E-state index in [2.05, 4.69) is 4.90 Å². The summed E-state index contributed by atoms with van der Waals surface area (Å²) in [4.78, 5) is 2.27. The Labute approximate surface area is 86.0 Å². The predicted molar refractivity (Wildman–Crippen MR) is 56.1 cm³/mol. The van der Waals surface area contributed by atoms with Crippen LogP contribution in [0.15, 0.2) is 0 Å². The molecule has 4 nitrogen and oxygen atoms in total. The Balaban J connectivity index is 2.39. The maximum absolute atomic E-state index is 9.22. The van der Waals surface area contributed by atoms with Crippen LogP contribution in [-0.2, 0) is 4.74 Å². The topological polar surface area (TPSA) is 58.7 Å². The van der Waals surface area contributed by atoms with Crippen LogP contribution in [0.25, 0.3) is 0 Å². The lowest BCUT2D eigenvalue weighted by Gasteiger charge is -2.29. The van der Waals surface area contributed by atoms with E-state index < -0.39 is 0 Å². The minimum Gasteiger partial charge on any atom is -0.395 e. The monoisotopic (exact) mass is 202 g/mol. The van der Waals surface area contributed by atoms with Crippen LogP contribution in [0.5, 0.6) is 0 Å². The molecule has 14 heavy (non-hydrogen) atoms. The normalized spacial score (nSPS) is 27.9. The van der Waals surface area contributed by atoms with E-state index >= 15 is 0 Å². The lowest BCUT2D eigenvalue weighted by molar-refractivity contribution is 0.112. The van der Waals surface area contributed by atoms with E-state index in [4.69, 9.17) is 10.5 Å². The second kappa shape index (κ2) is 5.66. The molecule has 4 heteroatoms. The lowest BCUT2D eigenvalue weighted by Crippen LogP contribution is -2.47. The van der Waals surface area contributed by atoms with Gasteiger partial charge in [-0.05, 0) is 25.8 Å². The zero-order valence-electron chi connectivity index (χ0n) is 9.15. The summed E-state index contributed by atoms with van der Waals surface area (Å²) in [6, 6.07) is 0.137. The van der Waals surface area contributed by atoms with Crippen molar-refractivity contribution in [3.63, 3.8) is 0 Å². The maximum atomic E-state index is 9.22. The molecule has 1 fully saturated rings. The van der Waals surface area contributed by atoms with Crippen LogP contribution >= 0.6 is 0 Å². The second-order valence-electron chi connectivity index (χ2n) is 4.21. The Bertz CT molecular complexity index is 164. The SMILES string of the molecule is COCC1CCN(C(CO)C(C)N)C1. The first-order chi connectivity index (χ1) is 6.69. The van der Waals surface area contributed by atoms with Crippen molar-refractivity contribution in [3.8, 4) is 0 Å². The average Bonchev–Trinajstić information content (AvgIpc) is 2.54. The van der Waals surface area contributed by atoms with Gasteiger partial charge in [0.1, 0.15) is 0 Å². The molecule has 0 aromatic rings. The fraction of sp³-hybridized carbons (Fsp3) is 1.00. The van der Waals surface area contributed by atoms with E-state index in [1.54, 1.807) is 7.11 Å². The van der Waals surface area contributed by atoms with Crippen molar-refractivity contribution < 1.29 is 9.84 Å². The maximum Gasteiger partial charge on any atom is 0.0601 e. The first kappa shape index (κ1) is 11.9. The summed E-state index contributed by atoms with van der Waals surface area (Å²) in [6.45, 7) is 4.94. The van der Waals surface area contributed by atoms with Crippen molar-refractivity contribution in [1.82, 2.24) is 4.90 Å². The summed E-state index contributed by atoms with van der Waals surface area (Å²) in [5, 5.41) is 9.22. The number of hydrogen-bond donors (Lipinski definition) is 2. The third kappa shape index (κ3) is 2.92. The van der Waals surface area contributed by atoms with Gasteiger partial charge in [0.05, 0.1) is 13.2 Å². The minimum atomic E-state index is 0.0290. The molecule has 0 saturated carbocycles. The molecule has 0 aliphatic carbocycles. The number of aliphatic hydroxyl groups is 1.